The highest BCUT2D eigenvalue weighted by Crippen LogP contribution is 2.24. The molecule has 110 valence electrons. The molecule has 7 heteroatoms. The van der Waals surface area contributed by atoms with Crippen molar-refractivity contribution in [2.45, 2.75) is 26.7 Å². The number of aromatic nitrogens is 3. The first-order valence-corrected chi connectivity index (χ1v) is 6.85. The highest BCUT2D eigenvalue weighted by Gasteiger charge is 2.38. The molecule has 1 amide bonds. The second kappa shape index (κ2) is 6.02. The summed E-state index contributed by atoms with van der Waals surface area (Å²) in [5.74, 6) is 0.202. The molecule has 1 N–H and O–H groups in total. The number of methoxy groups -OCH3 is 1. The van der Waals surface area contributed by atoms with Crippen LogP contribution in [-0.4, -0.2) is 52.2 Å². The topological polar surface area (TPSA) is 88.2 Å². The molecule has 0 radical (unpaired) electrons. The van der Waals surface area contributed by atoms with Gasteiger partial charge >= 0.3 is 5.97 Å². The minimum atomic E-state index is -0.269. The van der Waals surface area contributed by atoms with E-state index in [0.717, 1.165) is 12.8 Å². The number of esters is 1. The number of likely N-dealkylation sites (tertiary alicyclic amines) is 1. The summed E-state index contributed by atoms with van der Waals surface area (Å²) in [5.41, 5.74) is 0. The van der Waals surface area contributed by atoms with Gasteiger partial charge in [0.2, 0.25) is 5.82 Å². The standard InChI is InChI=1S/C13H20N4O3/c1-4-5-10-14-11(16-15-10)12(18)17-6-8(2)9(7-17)13(19)20-3/h8-9H,4-7H2,1-3H3,(H,14,15,16). The maximum absolute atomic E-state index is 12.3. The van der Waals surface area contributed by atoms with Crippen LogP contribution in [0.3, 0.4) is 0 Å². The number of hydrogen-bond acceptors (Lipinski definition) is 5. The summed E-state index contributed by atoms with van der Waals surface area (Å²) < 4.78 is 4.76. The number of ether oxygens (including phenoxy) is 1. The van der Waals surface area contributed by atoms with Crippen LogP contribution in [-0.2, 0) is 16.0 Å². The van der Waals surface area contributed by atoms with Gasteiger partial charge in [0.15, 0.2) is 0 Å². The minimum absolute atomic E-state index is 0.0838. The highest BCUT2D eigenvalue weighted by molar-refractivity contribution is 5.91. The lowest BCUT2D eigenvalue weighted by Gasteiger charge is -2.13. The van der Waals surface area contributed by atoms with Crippen LogP contribution < -0.4 is 0 Å². The summed E-state index contributed by atoms with van der Waals surface area (Å²) in [6.45, 7) is 4.86. The molecule has 1 saturated heterocycles. The van der Waals surface area contributed by atoms with Crippen molar-refractivity contribution in [3.63, 3.8) is 0 Å². The Labute approximate surface area is 117 Å². The molecule has 7 nitrogen and oxygen atoms in total. The van der Waals surface area contributed by atoms with E-state index in [2.05, 4.69) is 15.2 Å². The van der Waals surface area contributed by atoms with Crippen molar-refractivity contribution in [1.29, 1.82) is 0 Å². The van der Waals surface area contributed by atoms with E-state index in [1.54, 1.807) is 4.90 Å². The number of nitrogens with one attached hydrogen (secondary N) is 1. The fraction of sp³-hybridized carbons (Fsp3) is 0.692. The van der Waals surface area contributed by atoms with Gasteiger partial charge in [-0.15, -0.1) is 5.10 Å². The van der Waals surface area contributed by atoms with Gasteiger partial charge < -0.3 is 9.64 Å². The fourth-order valence-corrected chi connectivity index (χ4v) is 2.47. The smallest absolute Gasteiger partial charge is 0.310 e. The molecule has 1 aromatic rings. The monoisotopic (exact) mass is 280 g/mol. The lowest BCUT2D eigenvalue weighted by atomic mass is 9.99. The van der Waals surface area contributed by atoms with Crippen molar-refractivity contribution in [1.82, 2.24) is 20.1 Å². The predicted molar refractivity (Wildman–Crippen MR) is 71.0 cm³/mol. The van der Waals surface area contributed by atoms with Gasteiger partial charge in [0.25, 0.3) is 5.91 Å². The first-order chi connectivity index (χ1) is 9.56. The molecule has 0 spiro atoms. The van der Waals surface area contributed by atoms with Gasteiger partial charge in [-0.1, -0.05) is 13.8 Å². The number of aromatic amines is 1. The van der Waals surface area contributed by atoms with Crippen molar-refractivity contribution in [3.8, 4) is 0 Å². The first-order valence-electron chi connectivity index (χ1n) is 6.85. The summed E-state index contributed by atoms with van der Waals surface area (Å²) in [5, 5.41) is 6.72. The molecular weight excluding hydrogens is 260 g/mol. The van der Waals surface area contributed by atoms with Crippen LogP contribution in [0.1, 0.15) is 36.7 Å². The molecule has 2 heterocycles. The Bertz CT molecular complexity index is 500. The molecule has 1 aliphatic heterocycles. The second-order valence-electron chi connectivity index (χ2n) is 5.17. The molecule has 2 atom stereocenters. The van der Waals surface area contributed by atoms with Gasteiger partial charge in [0, 0.05) is 19.5 Å². The van der Waals surface area contributed by atoms with E-state index in [4.69, 9.17) is 4.74 Å². The van der Waals surface area contributed by atoms with Gasteiger partial charge in [-0.2, -0.15) is 0 Å². The molecule has 2 rings (SSSR count). The predicted octanol–water partition coefficient (Wildman–Crippen LogP) is 0.638. The number of rotatable bonds is 4. The maximum atomic E-state index is 12.3. The van der Waals surface area contributed by atoms with Crippen LogP contribution in [0.4, 0.5) is 0 Å². The van der Waals surface area contributed by atoms with Crippen LogP contribution in [0.25, 0.3) is 0 Å². The largest absolute Gasteiger partial charge is 0.469 e. The number of carbonyl (C=O) groups is 2. The normalized spacial score (nSPS) is 22.1. The fourth-order valence-electron chi connectivity index (χ4n) is 2.47. The SMILES string of the molecule is CCCc1nc(C(=O)N2CC(C)C(C(=O)OC)C2)n[nH]1. The molecule has 0 aliphatic carbocycles. The van der Waals surface area contributed by atoms with Crippen LogP contribution >= 0.6 is 0 Å². The Morgan fingerprint density at radius 3 is 2.85 bits per heavy atom. The molecule has 0 saturated carbocycles. The minimum Gasteiger partial charge on any atom is -0.469 e. The number of carbonyl (C=O) groups excluding carboxylic acids is 2. The third-order valence-corrected chi connectivity index (χ3v) is 3.61. The molecule has 20 heavy (non-hydrogen) atoms. The number of nitrogens with zero attached hydrogens (tertiary/aromatic N) is 3. The zero-order chi connectivity index (χ0) is 14.7. The zero-order valence-electron chi connectivity index (χ0n) is 12.0. The Morgan fingerprint density at radius 1 is 1.45 bits per heavy atom. The zero-order valence-corrected chi connectivity index (χ0v) is 12.0. The molecular formula is C13H20N4O3. The van der Waals surface area contributed by atoms with E-state index in [-0.39, 0.29) is 29.5 Å². The Hall–Kier alpha value is -1.92. The van der Waals surface area contributed by atoms with Gasteiger partial charge in [-0.05, 0) is 12.3 Å². The molecule has 0 aromatic carbocycles. The Morgan fingerprint density at radius 2 is 2.20 bits per heavy atom. The number of H-pyrrole nitrogens is 1. The number of aryl methyl sites for hydroxylation is 1. The highest BCUT2D eigenvalue weighted by atomic mass is 16.5. The quantitative estimate of drug-likeness (QED) is 0.818. The van der Waals surface area contributed by atoms with Gasteiger partial charge in [-0.3, -0.25) is 14.7 Å². The van der Waals surface area contributed by atoms with Crippen LogP contribution in [0, 0.1) is 11.8 Å². The third-order valence-electron chi connectivity index (χ3n) is 3.61. The average Bonchev–Trinajstić information content (AvgIpc) is 3.04. The van der Waals surface area contributed by atoms with E-state index in [9.17, 15) is 9.59 Å². The van der Waals surface area contributed by atoms with Crippen molar-refractivity contribution in [2.24, 2.45) is 11.8 Å². The number of amides is 1. The van der Waals surface area contributed by atoms with Crippen molar-refractivity contribution in [2.75, 3.05) is 20.2 Å². The van der Waals surface area contributed by atoms with Crippen molar-refractivity contribution >= 4 is 11.9 Å². The van der Waals surface area contributed by atoms with Crippen LogP contribution in [0.2, 0.25) is 0 Å². The summed E-state index contributed by atoms with van der Waals surface area (Å²) in [6, 6.07) is 0. The van der Waals surface area contributed by atoms with E-state index in [1.165, 1.54) is 7.11 Å². The summed E-state index contributed by atoms with van der Waals surface area (Å²) in [6.07, 6.45) is 1.70. The molecule has 2 unspecified atom stereocenters. The summed E-state index contributed by atoms with van der Waals surface area (Å²) in [4.78, 5) is 29.7. The van der Waals surface area contributed by atoms with Crippen LogP contribution in [0.5, 0.6) is 0 Å². The number of hydrogen-bond donors (Lipinski definition) is 1. The van der Waals surface area contributed by atoms with E-state index >= 15 is 0 Å². The first kappa shape index (κ1) is 14.5. The van der Waals surface area contributed by atoms with Crippen molar-refractivity contribution < 1.29 is 14.3 Å². The molecule has 1 fully saturated rings. The van der Waals surface area contributed by atoms with E-state index < -0.39 is 0 Å². The Kier molecular flexibility index (Phi) is 4.36. The second-order valence-corrected chi connectivity index (χ2v) is 5.17. The van der Waals surface area contributed by atoms with Gasteiger partial charge in [-0.25, -0.2) is 4.98 Å². The van der Waals surface area contributed by atoms with Crippen LogP contribution in [0.15, 0.2) is 0 Å². The van der Waals surface area contributed by atoms with E-state index in [1.807, 2.05) is 13.8 Å². The van der Waals surface area contributed by atoms with Gasteiger partial charge in [0.05, 0.1) is 13.0 Å². The molecule has 0 bridgehead atoms. The summed E-state index contributed by atoms with van der Waals surface area (Å²) >= 11 is 0. The Balaban J connectivity index is 2.04. The molecule has 1 aromatic heterocycles. The van der Waals surface area contributed by atoms with E-state index in [0.29, 0.717) is 18.9 Å². The summed E-state index contributed by atoms with van der Waals surface area (Å²) in [7, 11) is 1.37. The third kappa shape index (κ3) is 2.81. The average molecular weight is 280 g/mol. The van der Waals surface area contributed by atoms with Crippen molar-refractivity contribution in [3.05, 3.63) is 11.6 Å². The molecule has 1 aliphatic rings. The lowest BCUT2D eigenvalue weighted by molar-refractivity contribution is -0.146. The maximum Gasteiger partial charge on any atom is 0.310 e. The van der Waals surface area contributed by atoms with Gasteiger partial charge in [0.1, 0.15) is 5.82 Å². The lowest BCUT2D eigenvalue weighted by Crippen LogP contribution is -2.31.